The van der Waals surface area contributed by atoms with Gasteiger partial charge >= 0.3 is 0 Å². The number of amides is 1. The average Bonchev–Trinajstić information content (AvgIpc) is 2.67. The summed E-state index contributed by atoms with van der Waals surface area (Å²) in [6.45, 7) is 0.315. The van der Waals surface area contributed by atoms with Gasteiger partial charge in [0, 0.05) is 20.6 Å². The minimum absolute atomic E-state index is 0.0846. The fourth-order valence-electron chi connectivity index (χ4n) is 1.97. The summed E-state index contributed by atoms with van der Waals surface area (Å²) in [5.41, 5.74) is 6.80. The van der Waals surface area contributed by atoms with E-state index in [0.29, 0.717) is 30.8 Å². The van der Waals surface area contributed by atoms with Gasteiger partial charge in [0.05, 0.1) is 17.8 Å². The maximum Gasteiger partial charge on any atom is 0.271 e. The number of hydrogen-bond acceptors (Lipinski definition) is 4. The van der Waals surface area contributed by atoms with Gasteiger partial charge in [0.1, 0.15) is 5.69 Å². The largest absolute Gasteiger partial charge is 0.393 e. The highest BCUT2D eigenvalue weighted by Gasteiger charge is 2.32. The van der Waals surface area contributed by atoms with E-state index in [4.69, 9.17) is 5.73 Å². The second-order valence-electron chi connectivity index (χ2n) is 4.65. The van der Waals surface area contributed by atoms with Gasteiger partial charge in [0.15, 0.2) is 0 Å². The summed E-state index contributed by atoms with van der Waals surface area (Å²) in [5, 5.41) is 13.6. The van der Waals surface area contributed by atoms with Crippen LogP contribution in [-0.4, -0.2) is 45.9 Å². The number of nitrogens with two attached hydrogens (primary N) is 1. The number of aliphatic hydroxyl groups is 1. The van der Waals surface area contributed by atoms with Crippen LogP contribution in [0.25, 0.3) is 0 Å². The molecule has 0 bridgehead atoms. The van der Waals surface area contributed by atoms with E-state index in [9.17, 15) is 9.90 Å². The van der Waals surface area contributed by atoms with Crippen LogP contribution in [0, 0.1) is 0 Å². The van der Waals surface area contributed by atoms with E-state index in [-0.39, 0.29) is 18.1 Å². The van der Waals surface area contributed by atoms with Gasteiger partial charge in [-0.2, -0.15) is 5.10 Å². The Labute approximate surface area is 100 Å². The van der Waals surface area contributed by atoms with E-state index in [0.717, 1.165) is 0 Å². The molecule has 0 spiro atoms. The smallest absolute Gasteiger partial charge is 0.271 e. The molecule has 0 radical (unpaired) electrons. The highest BCUT2D eigenvalue weighted by molar-refractivity contribution is 5.92. The number of hydrogen-bond donors (Lipinski definition) is 2. The Bertz CT molecular complexity index is 421. The normalized spacial score (nSPS) is 23.3. The third kappa shape index (κ3) is 2.18. The second-order valence-corrected chi connectivity index (χ2v) is 4.65. The van der Waals surface area contributed by atoms with Gasteiger partial charge in [0.25, 0.3) is 5.91 Å². The molecule has 6 nitrogen and oxygen atoms in total. The van der Waals surface area contributed by atoms with Crippen molar-refractivity contribution in [2.75, 3.05) is 14.1 Å². The first-order chi connectivity index (χ1) is 8.02. The maximum atomic E-state index is 12.0. The molecule has 1 heterocycles. The molecular weight excluding hydrogens is 220 g/mol. The average molecular weight is 238 g/mol. The molecule has 1 amide bonds. The van der Waals surface area contributed by atoms with Crippen molar-refractivity contribution in [2.24, 2.45) is 5.73 Å². The fraction of sp³-hybridized carbons (Fsp3) is 0.636. The van der Waals surface area contributed by atoms with Crippen molar-refractivity contribution in [3.63, 3.8) is 0 Å². The lowest BCUT2D eigenvalue weighted by atomic mass is 9.89. The Balaban J connectivity index is 2.29. The Morgan fingerprint density at radius 1 is 1.65 bits per heavy atom. The predicted molar refractivity (Wildman–Crippen MR) is 62.4 cm³/mol. The SMILES string of the molecule is CN(C)C(=O)c1cc(CN)nn1[C@H]1C[C@H](O)C1. The minimum atomic E-state index is -0.271. The summed E-state index contributed by atoms with van der Waals surface area (Å²) in [4.78, 5) is 13.5. The van der Waals surface area contributed by atoms with Crippen LogP contribution in [0.1, 0.15) is 35.1 Å². The zero-order chi connectivity index (χ0) is 12.6. The molecular formula is C11H18N4O2. The fourth-order valence-corrected chi connectivity index (χ4v) is 1.97. The maximum absolute atomic E-state index is 12.0. The summed E-state index contributed by atoms with van der Waals surface area (Å²) in [7, 11) is 3.41. The third-order valence-corrected chi connectivity index (χ3v) is 3.05. The number of aromatic nitrogens is 2. The molecule has 1 aliphatic rings. The van der Waals surface area contributed by atoms with Crippen LogP contribution in [-0.2, 0) is 6.54 Å². The van der Waals surface area contributed by atoms with Crippen LogP contribution in [0.4, 0.5) is 0 Å². The molecule has 0 aromatic carbocycles. The Kier molecular flexibility index (Phi) is 3.17. The lowest BCUT2D eigenvalue weighted by Crippen LogP contribution is -2.35. The molecule has 1 aromatic rings. The van der Waals surface area contributed by atoms with Gasteiger partial charge in [-0.3, -0.25) is 9.48 Å². The zero-order valence-corrected chi connectivity index (χ0v) is 10.1. The molecule has 3 N–H and O–H groups in total. The molecule has 1 fully saturated rings. The van der Waals surface area contributed by atoms with Crippen molar-refractivity contribution in [3.8, 4) is 0 Å². The first-order valence-electron chi connectivity index (χ1n) is 5.71. The molecule has 1 saturated carbocycles. The van der Waals surface area contributed by atoms with Crippen LogP contribution in [0.2, 0.25) is 0 Å². The van der Waals surface area contributed by atoms with E-state index >= 15 is 0 Å². The topological polar surface area (TPSA) is 84.4 Å². The van der Waals surface area contributed by atoms with Crippen LogP contribution < -0.4 is 5.73 Å². The summed E-state index contributed by atoms with van der Waals surface area (Å²) >= 11 is 0. The van der Waals surface area contributed by atoms with E-state index in [1.807, 2.05) is 0 Å². The molecule has 0 atom stereocenters. The highest BCUT2D eigenvalue weighted by Crippen LogP contribution is 2.33. The van der Waals surface area contributed by atoms with Crippen molar-refractivity contribution < 1.29 is 9.90 Å². The Hall–Kier alpha value is -1.40. The first kappa shape index (κ1) is 12.1. The summed E-state index contributed by atoms with van der Waals surface area (Å²) in [6.07, 6.45) is 1.03. The van der Waals surface area contributed by atoms with Gasteiger partial charge < -0.3 is 15.7 Å². The zero-order valence-electron chi connectivity index (χ0n) is 10.1. The van der Waals surface area contributed by atoms with E-state index in [1.54, 1.807) is 24.8 Å². The van der Waals surface area contributed by atoms with Crippen molar-refractivity contribution >= 4 is 5.91 Å². The first-order valence-corrected chi connectivity index (χ1v) is 5.71. The van der Waals surface area contributed by atoms with Gasteiger partial charge in [-0.05, 0) is 18.9 Å². The quantitative estimate of drug-likeness (QED) is 0.760. The number of aliphatic hydroxyl groups excluding tert-OH is 1. The number of nitrogens with zero attached hydrogens (tertiary/aromatic N) is 3. The number of carbonyl (C=O) groups is 1. The molecule has 94 valence electrons. The summed E-state index contributed by atoms with van der Waals surface area (Å²) in [5.74, 6) is -0.0846. The van der Waals surface area contributed by atoms with Crippen molar-refractivity contribution in [2.45, 2.75) is 31.5 Å². The van der Waals surface area contributed by atoms with Crippen LogP contribution >= 0.6 is 0 Å². The molecule has 1 aromatic heterocycles. The molecule has 0 aliphatic heterocycles. The van der Waals surface area contributed by atoms with Gasteiger partial charge in [-0.15, -0.1) is 0 Å². The molecule has 2 rings (SSSR count). The van der Waals surface area contributed by atoms with Crippen molar-refractivity contribution in [1.82, 2.24) is 14.7 Å². The van der Waals surface area contributed by atoms with Crippen LogP contribution in [0.15, 0.2) is 6.07 Å². The predicted octanol–water partition coefficient (Wildman–Crippen LogP) is -0.261. The van der Waals surface area contributed by atoms with Crippen molar-refractivity contribution in [3.05, 3.63) is 17.5 Å². The van der Waals surface area contributed by atoms with Crippen molar-refractivity contribution in [1.29, 1.82) is 0 Å². The Morgan fingerprint density at radius 2 is 2.29 bits per heavy atom. The lowest BCUT2D eigenvalue weighted by Gasteiger charge is -2.32. The number of rotatable bonds is 3. The van der Waals surface area contributed by atoms with Gasteiger partial charge in [-0.1, -0.05) is 0 Å². The molecule has 17 heavy (non-hydrogen) atoms. The monoisotopic (exact) mass is 238 g/mol. The lowest BCUT2D eigenvalue weighted by molar-refractivity contribution is 0.0405. The van der Waals surface area contributed by atoms with Crippen LogP contribution in [0.3, 0.4) is 0 Å². The Morgan fingerprint density at radius 3 is 2.76 bits per heavy atom. The molecule has 0 unspecified atom stereocenters. The molecule has 6 heteroatoms. The van der Waals surface area contributed by atoms with Gasteiger partial charge in [0.2, 0.25) is 0 Å². The van der Waals surface area contributed by atoms with E-state index in [2.05, 4.69) is 5.10 Å². The van der Waals surface area contributed by atoms with Crippen LogP contribution in [0.5, 0.6) is 0 Å². The van der Waals surface area contributed by atoms with Gasteiger partial charge in [-0.25, -0.2) is 0 Å². The standard InChI is InChI=1S/C11H18N4O2/c1-14(2)11(17)10-3-7(6-12)13-15(10)8-4-9(16)5-8/h3,8-9,16H,4-6,12H2,1-2H3/t8-,9-. The molecule has 1 aliphatic carbocycles. The second kappa shape index (κ2) is 4.46. The minimum Gasteiger partial charge on any atom is -0.393 e. The summed E-state index contributed by atoms with van der Waals surface area (Å²) < 4.78 is 1.71. The third-order valence-electron chi connectivity index (χ3n) is 3.05. The van der Waals surface area contributed by atoms with E-state index in [1.165, 1.54) is 4.90 Å². The van der Waals surface area contributed by atoms with E-state index < -0.39 is 0 Å². The summed E-state index contributed by atoms with van der Waals surface area (Å²) in [6, 6.07) is 1.84. The molecule has 0 saturated heterocycles. The number of carbonyl (C=O) groups excluding carboxylic acids is 1. The highest BCUT2D eigenvalue weighted by atomic mass is 16.3.